The fourth-order valence-corrected chi connectivity index (χ4v) is 2.10. The number of aliphatic hydroxyl groups is 1. The van der Waals surface area contributed by atoms with Crippen molar-refractivity contribution in [3.63, 3.8) is 0 Å². The van der Waals surface area contributed by atoms with Crippen LogP contribution in [0, 0.1) is 0 Å². The number of rotatable bonds is 6. The molecule has 1 aromatic rings. The Hall–Kier alpha value is -0.580. The Bertz CT molecular complexity index is 382. The van der Waals surface area contributed by atoms with E-state index in [9.17, 15) is 5.11 Å². The lowest BCUT2D eigenvalue weighted by Crippen LogP contribution is -2.31. The van der Waals surface area contributed by atoms with Gasteiger partial charge in [-0.25, -0.2) is 0 Å². The molecule has 18 heavy (non-hydrogen) atoms. The van der Waals surface area contributed by atoms with Crippen LogP contribution < -0.4 is 10.2 Å². The van der Waals surface area contributed by atoms with E-state index in [1.54, 1.807) is 0 Å². The topological polar surface area (TPSA) is 35.5 Å². The Morgan fingerprint density at radius 1 is 1.33 bits per heavy atom. The van der Waals surface area contributed by atoms with Crippen molar-refractivity contribution in [3.05, 3.63) is 28.2 Å². The molecule has 0 bridgehead atoms. The molecule has 0 radical (unpaired) electrons. The van der Waals surface area contributed by atoms with Crippen molar-refractivity contribution in [2.75, 3.05) is 18.6 Å². The highest BCUT2D eigenvalue weighted by atomic mass is 79.9. The van der Waals surface area contributed by atoms with Gasteiger partial charge in [-0.2, -0.15) is 0 Å². The first-order valence-electron chi connectivity index (χ1n) is 6.31. The SMILES string of the molecule is CC(C)NCc1ccc(N(C)C(C)CO)cc1Br. The number of aliphatic hydroxyl groups excluding tert-OH is 1. The average Bonchev–Trinajstić information content (AvgIpc) is 2.35. The Kier molecular flexibility index (Phi) is 6.12. The minimum Gasteiger partial charge on any atom is -0.394 e. The second-order valence-corrected chi connectivity index (χ2v) is 5.81. The number of nitrogens with zero attached hydrogens (tertiary/aromatic N) is 1. The van der Waals surface area contributed by atoms with E-state index < -0.39 is 0 Å². The standard InChI is InChI=1S/C14H23BrN2O/c1-10(2)16-8-12-5-6-13(7-14(12)15)17(4)11(3)9-18/h5-7,10-11,16,18H,8-9H2,1-4H3. The summed E-state index contributed by atoms with van der Waals surface area (Å²) in [6, 6.07) is 6.91. The maximum absolute atomic E-state index is 9.17. The molecule has 0 spiro atoms. The fourth-order valence-electron chi connectivity index (χ4n) is 1.59. The van der Waals surface area contributed by atoms with Gasteiger partial charge in [-0.05, 0) is 24.6 Å². The van der Waals surface area contributed by atoms with Crippen LogP contribution in [0.4, 0.5) is 5.69 Å². The monoisotopic (exact) mass is 314 g/mol. The molecule has 102 valence electrons. The van der Waals surface area contributed by atoms with Gasteiger partial charge in [0.25, 0.3) is 0 Å². The van der Waals surface area contributed by atoms with Crippen molar-refractivity contribution < 1.29 is 5.11 Å². The Morgan fingerprint density at radius 3 is 2.50 bits per heavy atom. The second kappa shape index (κ2) is 7.12. The molecule has 0 heterocycles. The molecule has 4 heteroatoms. The molecule has 0 aliphatic rings. The second-order valence-electron chi connectivity index (χ2n) is 4.95. The van der Waals surface area contributed by atoms with E-state index >= 15 is 0 Å². The first-order chi connectivity index (χ1) is 8.45. The maximum Gasteiger partial charge on any atom is 0.0632 e. The largest absolute Gasteiger partial charge is 0.394 e. The summed E-state index contributed by atoms with van der Waals surface area (Å²) in [7, 11) is 1.99. The third kappa shape index (κ3) is 4.26. The zero-order chi connectivity index (χ0) is 13.7. The van der Waals surface area contributed by atoms with Gasteiger partial charge in [0.2, 0.25) is 0 Å². The summed E-state index contributed by atoms with van der Waals surface area (Å²) in [6.07, 6.45) is 0. The third-order valence-corrected chi connectivity index (χ3v) is 3.81. The summed E-state index contributed by atoms with van der Waals surface area (Å²) < 4.78 is 1.10. The lowest BCUT2D eigenvalue weighted by molar-refractivity contribution is 0.270. The number of halogens is 1. The average molecular weight is 315 g/mol. The van der Waals surface area contributed by atoms with Crippen LogP contribution in [0.15, 0.2) is 22.7 Å². The smallest absolute Gasteiger partial charge is 0.0632 e. The molecule has 0 saturated heterocycles. The van der Waals surface area contributed by atoms with E-state index in [-0.39, 0.29) is 12.6 Å². The molecular formula is C14H23BrN2O. The number of anilines is 1. The van der Waals surface area contributed by atoms with Gasteiger partial charge in [0.05, 0.1) is 6.61 Å². The van der Waals surface area contributed by atoms with Crippen molar-refractivity contribution >= 4 is 21.6 Å². The van der Waals surface area contributed by atoms with E-state index in [1.807, 2.05) is 14.0 Å². The molecule has 0 aromatic heterocycles. The molecule has 0 amide bonds. The number of likely N-dealkylation sites (N-methyl/N-ethyl adjacent to an activating group) is 1. The summed E-state index contributed by atoms with van der Waals surface area (Å²) in [5, 5.41) is 12.6. The van der Waals surface area contributed by atoms with Gasteiger partial charge in [0.15, 0.2) is 0 Å². The van der Waals surface area contributed by atoms with E-state index in [0.29, 0.717) is 6.04 Å². The first kappa shape index (κ1) is 15.5. The van der Waals surface area contributed by atoms with Crippen LogP contribution in [0.2, 0.25) is 0 Å². The number of nitrogens with one attached hydrogen (secondary N) is 1. The predicted molar refractivity (Wildman–Crippen MR) is 81.1 cm³/mol. The van der Waals surface area contributed by atoms with E-state index in [1.165, 1.54) is 5.56 Å². The van der Waals surface area contributed by atoms with Gasteiger partial charge in [-0.3, -0.25) is 0 Å². The van der Waals surface area contributed by atoms with Gasteiger partial charge in [-0.15, -0.1) is 0 Å². The van der Waals surface area contributed by atoms with Crippen LogP contribution in [0.3, 0.4) is 0 Å². The summed E-state index contributed by atoms with van der Waals surface area (Å²) in [5.41, 5.74) is 2.36. The van der Waals surface area contributed by atoms with Crippen LogP contribution in [0.1, 0.15) is 26.3 Å². The summed E-state index contributed by atoms with van der Waals surface area (Å²) in [5.74, 6) is 0. The fraction of sp³-hybridized carbons (Fsp3) is 0.571. The molecular weight excluding hydrogens is 292 g/mol. The molecule has 0 aliphatic carbocycles. The quantitative estimate of drug-likeness (QED) is 0.847. The van der Waals surface area contributed by atoms with Gasteiger partial charge >= 0.3 is 0 Å². The first-order valence-corrected chi connectivity index (χ1v) is 7.10. The zero-order valence-electron chi connectivity index (χ0n) is 11.6. The maximum atomic E-state index is 9.17. The number of benzene rings is 1. The van der Waals surface area contributed by atoms with E-state index in [2.05, 4.69) is 58.2 Å². The van der Waals surface area contributed by atoms with Gasteiger partial charge in [0, 0.05) is 35.8 Å². The van der Waals surface area contributed by atoms with Crippen LogP contribution in [-0.4, -0.2) is 30.8 Å². The van der Waals surface area contributed by atoms with Crippen LogP contribution in [-0.2, 0) is 6.54 Å². The molecule has 0 fully saturated rings. The molecule has 1 rings (SSSR count). The predicted octanol–water partition coefficient (Wildman–Crippen LogP) is 2.76. The van der Waals surface area contributed by atoms with Crippen molar-refractivity contribution in [1.82, 2.24) is 5.32 Å². The highest BCUT2D eigenvalue weighted by molar-refractivity contribution is 9.10. The highest BCUT2D eigenvalue weighted by Gasteiger charge is 2.10. The van der Waals surface area contributed by atoms with Crippen molar-refractivity contribution in [2.45, 2.75) is 39.4 Å². The lowest BCUT2D eigenvalue weighted by atomic mass is 10.1. The van der Waals surface area contributed by atoms with E-state index in [0.717, 1.165) is 16.7 Å². The molecule has 1 unspecified atom stereocenters. The minimum absolute atomic E-state index is 0.122. The normalized spacial score (nSPS) is 12.8. The molecule has 1 aromatic carbocycles. The summed E-state index contributed by atoms with van der Waals surface area (Å²) >= 11 is 3.61. The molecule has 1 atom stereocenters. The molecule has 2 N–H and O–H groups in total. The highest BCUT2D eigenvalue weighted by Crippen LogP contribution is 2.24. The lowest BCUT2D eigenvalue weighted by Gasteiger charge is -2.26. The van der Waals surface area contributed by atoms with Crippen LogP contribution >= 0.6 is 15.9 Å². The summed E-state index contributed by atoms with van der Waals surface area (Å²) in [4.78, 5) is 2.07. The Morgan fingerprint density at radius 2 is 2.00 bits per heavy atom. The molecule has 3 nitrogen and oxygen atoms in total. The zero-order valence-corrected chi connectivity index (χ0v) is 13.2. The van der Waals surface area contributed by atoms with Crippen LogP contribution in [0.25, 0.3) is 0 Å². The van der Waals surface area contributed by atoms with Crippen molar-refractivity contribution in [3.8, 4) is 0 Å². The Balaban J connectivity index is 2.78. The van der Waals surface area contributed by atoms with E-state index in [4.69, 9.17) is 0 Å². The minimum atomic E-state index is 0.122. The van der Waals surface area contributed by atoms with Crippen molar-refractivity contribution in [1.29, 1.82) is 0 Å². The van der Waals surface area contributed by atoms with Gasteiger partial charge < -0.3 is 15.3 Å². The number of hydrogen-bond acceptors (Lipinski definition) is 3. The van der Waals surface area contributed by atoms with Crippen LogP contribution in [0.5, 0.6) is 0 Å². The van der Waals surface area contributed by atoms with Gasteiger partial charge in [0.1, 0.15) is 0 Å². The third-order valence-electron chi connectivity index (χ3n) is 3.07. The Labute approximate surface area is 118 Å². The summed E-state index contributed by atoms with van der Waals surface area (Å²) in [6.45, 7) is 7.29. The van der Waals surface area contributed by atoms with Gasteiger partial charge in [-0.1, -0.05) is 35.8 Å². The molecule has 0 saturated carbocycles. The van der Waals surface area contributed by atoms with Crippen molar-refractivity contribution in [2.24, 2.45) is 0 Å². The molecule has 0 aliphatic heterocycles. The number of hydrogen-bond donors (Lipinski definition) is 2.